The molecule has 3 fully saturated rings. The van der Waals surface area contributed by atoms with Gasteiger partial charge in [0.2, 0.25) is 0 Å². The number of piperidine rings is 1. The number of benzene rings is 2. The van der Waals surface area contributed by atoms with Gasteiger partial charge in [0.25, 0.3) is 0 Å². The molecule has 1 aliphatic carbocycles. The highest BCUT2D eigenvalue weighted by Gasteiger charge is 2.60. The van der Waals surface area contributed by atoms with Crippen LogP contribution in [-0.4, -0.2) is 50.7 Å². The maximum absolute atomic E-state index is 2.62. The van der Waals surface area contributed by atoms with E-state index in [0.717, 1.165) is 32.1 Å². The number of likely N-dealkylation sites (N-methyl/N-ethyl adjacent to an activating group) is 1. The van der Waals surface area contributed by atoms with Gasteiger partial charge in [-0.2, -0.15) is 0 Å². The minimum absolute atomic E-state index is 0. The maximum atomic E-state index is 2.62. The molecule has 0 N–H and O–H groups in total. The lowest BCUT2D eigenvalue weighted by atomic mass is 9.94. The molecular formula is C24H33N3. The molecule has 0 bridgehead atoms. The second kappa shape index (κ2) is 7.20. The van der Waals surface area contributed by atoms with E-state index in [4.69, 9.17) is 0 Å². The molecule has 0 spiro atoms. The first-order valence-corrected chi connectivity index (χ1v) is 10.2. The van der Waals surface area contributed by atoms with Crippen molar-refractivity contribution in [3.05, 3.63) is 60.2 Å². The molecule has 2 atom stereocenters. The van der Waals surface area contributed by atoms with Crippen LogP contribution in [0.2, 0.25) is 0 Å². The van der Waals surface area contributed by atoms with Crippen LogP contribution in [0.5, 0.6) is 0 Å². The first-order chi connectivity index (χ1) is 12.8. The third-order valence-electron chi connectivity index (χ3n) is 6.87. The van der Waals surface area contributed by atoms with E-state index in [0.29, 0.717) is 5.41 Å². The summed E-state index contributed by atoms with van der Waals surface area (Å²) in [4.78, 5) is 7.65. The van der Waals surface area contributed by atoms with Crippen LogP contribution in [0.15, 0.2) is 54.6 Å². The molecule has 5 rings (SSSR count). The Kier molecular flexibility index (Phi) is 4.90. The molecule has 27 heavy (non-hydrogen) atoms. The molecule has 0 aromatic heterocycles. The standard InChI is InChI=1S/C23H29N3.CH4/c1-2-24-17-20-16-23(20,18-24)19-8-10-22(11-9-19)26-14-12-25(13-15-26)21-6-4-3-5-7-21;/h3-11,20H,2,12-18H2,1H3;1H4. The van der Waals surface area contributed by atoms with E-state index >= 15 is 0 Å². The first-order valence-electron chi connectivity index (χ1n) is 10.2. The van der Waals surface area contributed by atoms with Crippen molar-refractivity contribution in [2.45, 2.75) is 26.2 Å². The van der Waals surface area contributed by atoms with Crippen molar-refractivity contribution in [3.63, 3.8) is 0 Å². The van der Waals surface area contributed by atoms with Crippen molar-refractivity contribution < 1.29 is 0 Å². The highest BCUT2D eigenvalue weighted by Crippen LogP contribution is 2.59. The van der Waals surface area contributed by atoms with Crippen molar-refractivity contribution in [1.29, 1.82) is 0 Å². The second-order valence-corrected chi connectivity index (χ2v) is 8.24. The quantitative estimate of drug-likeness (QED) is 0.804. The molecule has 2 aromatic rings. The van der Waals surface area contributed by atoms with Crippen LogP contribution in [0.1, 0.15) is 26.3 Å². The average molecular weight is 364 g/mol. The summed E-state index contributed by atoms with van der Waals surface area (Å²) in [6, 6.07) is 20.4. The van der Waals surface area contributed by atoms with Crippen molar-refractivity contribution in [2.75, 3.05) is 55.6 Å². The molecule has 2 aromatic carbocycles. The molecule has 3 aliphatic rings. The normalized spacial score (nSPS) is 27.2. The fourth-order valence-electron chi connectivity index (χ4n) is 5.14. The Hall–Kier alpha value is -2.00. The Morgan fingerprint density at radius 1 is 0.852 bits per heavy atom. The molecule has 2 heterocycles. The van der Waals surface area contributed by atoms with E-state index in [9.17, 15) is 0 Å². The monoisotopic (exact) mass is 363 g/mol. The van der Waals surface area contributed by atoms with Crippen LogP contribution >= 0.6 is 0 Å². The predicted octanol–water partition coefficient (Wildman–Crippen LogP) is 4.24. The predicted molar refractivity (Wildman–Crippen MR) is 116 cm³/mol. The fraction of sp³-hybridized carbons (Fsp3) is 0.500. The molecule has 2 saturated heterocycles. The molecule has 0 amide bonds. The lowest BCUT2D eigenvalue weighted by Crippen LogP contribution is -2.46. The van der Waals surface area contributed by atoms with Crippen LogP contribution in [-0.2, 0) is 5.41 Å². The molecule has 2 unspecified atom stereocenters. The third-order valence-corrected chi connectivity index (χ3v) is 6.87. The largest absolute Gasteiger partial charge is 0.368 e. The summed E-state index contributed by atoms with van der Waals surface area (Å²) >= 11 is 0. The van der Waals surface area contributed by atoms with E-state index in [-0.39, 0.29) is 7.43 Å². The van der Waals surface area contributed by atoms with Gasteiger partial charge in [-0.05, 0) is 48.7 Å². The van der Waals surface area contributed by atoms with Crippen molar-refractivity contribution in [1.82, 2.24) is 4.90 Å². The molecule has 2 aliphatic heterocycles. The first kappa shape index (κ1) is 18.4. The molecular weight excluding hydrogens is 330 g/mol. The fourth-order valence-corrected chi connectivity index (χ4v) is 5.14. The number of anilines is 2. The zero-order valence-electron chi connectivity index (χ0n) is 15.8. The lowest BCUT2D eigenvalue weighted by Gasteiger charge is -2.37. The summed E-state index contributed by atoms with van der Waals surface area (Å²) in [5.74, 6) is 0.905. The summed E-state index contributed by atoms with van der Waals surface area (Å²) in [5, 5.41) is 0. The number of rotatable bonds is 4. The van der Waals surface area contributed by atoms with Gasteiger partial charge < -0.3 is 14.7 Å². The van der Waals surface area contributed by atoms with Crippen LogP contribution < -0.4 is 9.80 Å². The van der Waals surface area contributed by atoms with E-state index in [2.05, 4.69) is 76.2 Å². The molecule has 1 saturated carbocycles. The Morgan fingerprint density at radius 3 is 2.00 bits per heavy atom. The summed E-state index contributed by atoms with van der Waals surface area (Å²) in [7, 11) is 0. The van der Waals surface area contributed by atoms with E-state index < -0.39 is 0 Å². The summed E-state index contributed by atoms with van der Waals surface area (Å²) < 4.78 is 0. The zero-order chi connectivity index (χ0) is 17.6. The van der Waals surface area contributed by atoms with Crippen molar-refractivity contribution in [2.24, 2.45) is 5.92 Å². The third kappa shape index (κ3) is 3.23. The van der Waals surface area contributed by atoms with Gasteiger partial charge in [0, 0.05) is 56.1 Å². The van der Waals surface area contributed by atoms with Gasteiger partial charge in [0.15, 0.2) is 0 Å². The molecule has 3 heteroatoms. The summed E-state index contributed by atoms with van der Waals surface area (Å²) in [6.45, 7) is 10.5. The lowest BCUT2D eigenvalue weighted by molar-refractivity contribution is 0.314. The van der Waals surface area contributed by atoms with Crippen LogP contribution in [0.4, 0.5) is 11.4 Å². The minimum atomic E-state index is 0. The van der Waals surface area contributed by atoms with Crippen LogP contribution in [0.3, 0.4) is 0 Å². The van der Waals surface area contributed by atoms with Crippen molar-refractivity contribution in [3.8, 4) is 0 Å². The number of hydrogen-bond donors (Lipinski definition) is 0. The van der Waals surface area contributed by atoms with Gasteiger partial charge >= 0.3 is 0 Å². The summed E-state index contributed by atoms with van der Waals surface area (Å²) in [5.41, 5.74) is 4.80. The SMILES string of the molecule is C.CCN1CC2CC2(c2ccc(N3CCN(c4ccccc4)CC3)cc2)C1. The number of hydrogen-bond acceptors (Lipinski definition) is 3. The number of nitrogens with zero attached hydrogens (tertiary/aromatic N) is 3. The van der Waals surface area contributed by atoms with E-state index in [1.165, 1.54) is 37.4 Å². The Labute approximate surface area is 164 Å². The van der Waals surface area contributed by atoms with E-state index in [1.54, 1.807) is 5.56 Å². The zero-order valence-corrected chi connectivity index (χ0v) is 15.8. The highest BCUT2D eigenvalue weighted by atomic mass is 15.3. The number of para-hydroxylation sites is 1. The average Bonchev–Trinajstić information content (AvgIpc) is 3.30. The molecule has 3 nitrogen and oxygen atoms in total. The van der Waals surface area contributed by atoms with Crippen LogP contribution in [0.25, 0.3) is 0 Å². The Bertz CT molecular complexity index is 749. The maximum Gasteiger partial charge on any atom is 0.0367 e. The minimum Gasteiger partial charge on any atom is -0.368 e. The van der Waals surface area contributed by atoms with E-state index in [1.807, 2.05) is 0 Å². The number of likely N-dealkylation sites (tertiary alicyclic amines) is 1. The Morgan fingerprint density at radius 2 is 1.44 bits per heavy atom. The van der Waals surface area contributed by atoms with Gasteiger partial charge in [0.05, 0.1) is 0 Å². The van der Waals surface area contributed by atoms with Gasteiger partial charge in [-0.3, -0.25) is 0 Å². The number of fused-ring (bicyclic) bond motifs is 1. The highest BCUT2D eigenvalue weighted by molar-refractivity contribution is 5.53. The van der Waals surface area contributed by atoms with Crippen LogP contribution in [0, 0.1) is 5.92 Å². The van der Waals surface area contributed by atoms with Gasteiger partial charge in [0.1, 0.15) is 0 Å². The molecule has 144 valence electrons. The van der Waals surface area contributed by atoms with Gasteiger partial charge in [-0.25, -0.2) is 0 Å². The topological polar surface area (TPSA) is 9.72 Å². The number of piperazine rings is 1. The Balaban J connectivity index is 0.00000180. The van der Waals surface area contributed by atoms with Gasteiger partial charge in [-0.15, -0.1) is 0 Å². The smallest absolute Gasteiger partial charge is 0.0367 e. The second-order valence-electron chi connectivity index (χ2n) is 8.24. The van der Waals surface area contributed by atoms with Crippen molar-refractivity contribution >= 4 is 11.4 Å². The van der Waals surface area contributed by atoms with Gasteiger partial charge in [-0.1, -0.05) is 44.7 Å². The molecule has 0 radical (unpaired) electrons. The summed E-state index contributed by atoms with van der Waals surface area (Å²) in [6.07, 6.45) is 1.40.